The molecule has 0 saturated carbocycles. The minimum absolute atomic E-state index is 0.0862. The molecule has 0 aliphatic rings. The van der Waals surface area contributed by atoms with Gasteiger partial charge in [-0.1, -0.05) is 95.8 Å². The average molecular weight is 489 g/mol. The Kier molecular flexibility index (Phi) is 25.7. The minimum Gasteiger partial charge on any atom is -0.454 e. The van der Waals surface area contributed by atoms with Gasteiger partial charge in [0.15, 0.2) is 11.9 Å². The third-order valence-electron chi connectivity index (χ3n) is 6.19. The van der Waals surface area contributed by atoms with Crippen molar-refractivity contribution >= 4 is 11.8 Å². The van der Waals surface area contributed by atoms with Crippen molar-refractivity contribution in [2.24, 2.45) is 0 Å². The van der Waals surface area contributed by atoms with Gasteiger partial charge in [0.2, 0.25) is 0 Å². The zero-order valence-electron chi connectivity index (χ0n) is 23.4. The van der Waals surface area contributed by atoms with Gasteiger partial charge in [-0.05, 0) is 77.0 Å². The highest BCUT2D eigenvalue weighted by atomic mass is 16.5. The van der Waals surface area contributed by atoms with E-state index in [0.717, 1.165) is 57.8 Å². The Morgan fingerprint density at radius 1 is 0.543 bits per heavy atom. The number of hydrogen-bond donors (Lipinski definition) is 0. The molecular formula is C32H56O3. The lowest BCUT2D eigenvalue weighted by Crippen LogP contribution is -2.27. The van der Waals surface area contributed by atoms with Gasteiger partial charge >= 0.3 is 5.97 Å². The van der Waals surface area contributed by atoms with Gasteiger partial charge in [0.05, 0.1) is 0 Å². The lowest BCUT2D eigenvalue weighted by atomic mass is 10.0. The molecule has 0 N–H and O–H groups in total. The van der Waals surface area contributed by atoms with Crippen LogP contribution in [0.15, 0.2) is 36.5 Å². The lowest BCUT2D eigenvalue weighted by Gasteiger charge is -2.16. The second-order valence-corrected chi connectivity index (χ2v) is 9.71. The van der Waals surface area contributed by atoms with Crippen molar-refractivity contribution in [2.45, 2.75) is 155 Å². The maximum Gasteiger partial charge on any atom is 0.306 e. The van der Waals surface area contributed by atoms with Crippen LogP contribution in [0.4, 0.5) is 0 Å². The van der Waals surface area contributed by atoms with Gasteiger partial charge < -0.3 is 4.74 Å². The molecule has 0 fully saturated rings. The second-order valence-electron chi connectivity index (χ2n) is 9.71. The Bertz CT molecular complexity index is 573. The average Bonchev–Trinajstić information content (AvgIpc) is 2.85. The molecule has 35 heavy (non-hydrogen) atoms. The Labute approximate surface area is 217 Å². The van der Waals surface area contributed by atoms with E-state index in [1.165, 1.54) is 51.4 Å². The van der Waals surface area contributed by atoms with Crippen molar-refractivity contribution in [1.82, 2.24) is 0 Å². The number of ketones is 1. The summed E-state index contributed by atoms with van der Waals surface area (Å²) in [6, 6.07) is 0. The molecule has 0 radical (unpaired) electrons. The van der Waals surface area contributed by atoms with Gasteiger partial charge in [0.25, 0.3) is 0 Å². The Morgan fingerprint density at radius 3 is 1.49 bits per heavy atom. The van der Waals surface area contributed by atoms with Crippen molar-refractivity contribution in [2.75, 3.05) is 0 Å². The molecule has 0 rings (SSSR count). The third kappa shape index (κ3) is 23.9. The van der Waals surface area contributed by atoms with Crippen molar-refractivity contribution < 1.29 is 14.3 Å². The summed E-state index contributed by atoms with van der Waals surface area (Å²) in [5.41, 5.74) is 0. The van der Waals surface area contributed by atoms with Gasteiger partial charge in [-0.3, -0.25) is 9.59 Å². The number of esters is 1. The molecule has 1 atom stereocenters. The van der Waals surface area contributed by atoms with E-state index in [9.17, 15) is 9.59 Å². The van der Waals surface area contributed by atoms with E-state index in [-0.39, 0.29) is 11.8 Å². The first-order chi connectivity index (χ1) is 17.2. The van der Waals surface area contributed by atoms with Crippen LogP contribution in [0.1, 0.15) is 149 Å². The van der Waals surface area contributed by atoms with Crippen LogP contribution in [0, 0.1) is 0 Å². The summed E-state index contributed by atoms with van der Waals surface area (Å²) in [6.07, 6.45) is 32.7. The molecule has 3 nitrogen and oxygen atoms in total. The summed E-state index contributed by atoms with van der Waals surface area (Å²) in [5.74, 6) is -0.139. The van der Waals surface area contributed by atoms with E-state index in [2.05, 4.69) is 57.2 Å². The first kappa shape index (κ1) is 33.4. The van der Waals surface area contributed by atoms with Crippen LogP contribution >= 0.6 is 0 Å². The lowest BCUT2D eigenvalue weighted by molar-refractivity contribution is -0.155. The second kappa shape index (κ2) is 27.0. The normalized spacial score (nSPS) is 12.8. The zero-order valence-corrected chi connectivity index (χ0v) is 23.4. The highest BCUT2D eigenvalue weighted by molar-refractivity contribution is 5.85. The highest BCUT2D eigenvalue weighted by Gasteiger charge is 2.21. The summed E-state index contributed by atoms with van der Waals surface area (Å²) in [6.45, 7) is 6.63. The van der Waals surface area contributed by atoms with Crippen molar-refractivity contribution in [3.05, 3.63) is 36.5 Å². The number of hydrogen-bond acceptors (Lipinski definition) is 3. The molecule has 202 valence electrons. The molecule has 3 heteroatoms. The van der Waals surface area contributed by atoms with E-state index in [0.29, 0.717) is 19.3 Å². The van der Waals surface area contributed by atoms with Gasteiger partial charge in [0.1, 0.15) is 0 Å². The molecule has 0 aromatic rings. The summed E-state index contributed by atoms with van der Waals surface area (Å²) >= 11 is 0. The standard InChI is InChI=1S/C32H56O3/c1-4-7-10-13-16-19-22-25-28-31(30(33)27-24-21-18-15-12-9-6-3)35-32(34)29-26-23-20-17-14-11-8-5-2/h15-20,31H,4-14,21-29H2,1-3H3/b18-15-,19-16-,20-17-. The maximum atomic E-state index is 12.8. The molecule has 0 heterocycles. The van der Waals surface area contributed by atoms with Gasteiger partial charge in [-0.15, -0.1) is 0 Å². The summed E-state index contributed by atoms with van der Waals surface area (Å²) in [4.78, 5) is 25.2. The monoisotopic (exact) mass is 488 g/mol. The predicted molar refractivity (Wildman–Crippen MR) is 152 cm³/mol. The topological polar surface area (TPSA) is 43.4 Å². The molecular weight excluding hydrogens is 432 g/mol. The molecule has 0 aliphatic heterocycles. The van der Waals surface area contributed by atoms with E-state index in [1.807, 2.05) is 0 Å². The quantitative estimate of drug-likeness (QED) is 0.0729. The van der Waals surface area contributed by atoms with Crippen LogP contribution < -0.4 is 0 Å². The van der Waals surface area contributed by atoms with Crippen molar-refractivity contribution in [3.63, 3.8) is 0 Å². The SMILES string of the molecule is CCCC/C=C\CCCC(=O)C(CCC/C=C\CCCCC)OC(=O)CCC/C=C\CCCCC. The molecule has 0 aromatic heterocycles. The minimum atomic E-state index is -0.579. The summed E-state index contributed by atoms with van der Waals surface area (Å²) < 4.78 is 5.69. The number of carbonyl (C=O) groups excluding carboxylic acids is 2. The number of allylic oxidation sites excluding steroid dienone is 6. The van der Waals surface area contributed by atoms with Gasteiger partial charge in [-0.2, -0.15) is 0 Å². The fourth-order valence-corrected chi connectivity index (χ4v) is 3.90. The smallest absolute Gasteiger partial charge is 0.306 e. The molecule has 1 unspecified atom stereocenters. The summed E-state index contributed by atoms with van der Waals surface area (Å²) in [7, 11) is 0. The molecule has 0 amide bonds. The molecule has 0 bridgehead atoms. The van der Waals surface area contributed by atoms with E-state index >= 15 is 0 Å². The van der Waals surface area contributed by atoms with Gasteiger partial charge in [-0.25, -0.2) is 0 Å². The number of unbranched alkanes of at least 4 members (excludes halogenated alkanes) is 11. The van der Waals surface area contributed by atoms with Crippen molar-refractivity contribution in [1.29, 1.82) is 0 Å². The van der Waals surface area contributed by atoms with Crippen LogP contribution in [0.25, 0.3) is 0 Å². The number of ether oxygens (including phenoxy) is 1. The van der Waals surface area contributed by atoms with Crippen LogP contribution in [0.5, 0.6) is 0 Å². The number of Topliss-reactive ketones (excluding diaryl/α,β-unsaturated/α-hetero) is 1. The van der Waals surface area contributed by atoms with Crippen LogP contribution in [-0.4, -0.2) is 17.9 Å². The van der Waals surface area contributed by atoms with Crippen LogP contribution in [0.2, 0.25) is 0 Å². The Hall–Kier alpha value is -1.64. The van der Waals surface area contributed by atoms with Gasteiger partial charge in [0, 0.05) is 12.8 Å². The molecule has 0 aliphatic carbocycles. The van der Waals surface area contributed by atoms with Crippen molar-refractivity contribution in [3.8, 4) is 0 Å². The predicted octanol–water partition coefficient (Wildman–Crippen LogP) is 10.00. The fourth-order valence-electron chi connectivity index (χ4n) is 3.90. The molecule has 0 saturated heterocycles. The largest absolute Gasteiger partial charge is 0.454 e. The third-order valence-corrected chi connectivity index (χ3v) is 6.19. The van der Waals surface area contributed by atoms with E-state index < -0.39 is 6.10 Å². The highest BCUT2D eigenvalue weighted by Crippen LogP contribution is 2.14. The summed E-state index contributed by atoms with van der Waals surface area (Å²) in [5, 5.41) is 0. The van der Waals surface area contributed by atoms with E-state index in [4.69, 9.17) is 4.74 Å². The molecule has 0 spiro atoms. The first-order valence-electron chi connectivity index (χ1n) is 14.8. The van der Waals surface area contributed by atoms with Crippen LogP contribution in [-0.2, 0) is 14.3 Å². The fraction of sp³-hybridized carbons (Fsp3) is 0.750. The number of rotatable bonds is 25. The Morgan fingerprint density at radius 2 is 0.971 bits per heavy atom. The number of carbonyl (C=O) groups is 2. The zero-order chi connectivity index (χ0) is 25.8. The maximum absolute atomic E-state index is 12.8. The van der Waals surface area contributed by atoms with Crippen LogP contribution in [0.3, 0.4) is 0 Å². The van der Waals surface area contributed by atoms with E-state index in [1.54, 1.807) is 0 Å². The Balaban J connectivity index is 4.42. The molecule has 0 aromatic carbocycles. The first-order valence-corrected chi connectivity index (χ1v) is 14.8.